The van der Waals surface area contributed by atoms with Crippen LogP contribution in [0.3, 0.4) is 0 Å². The lowest BCUT2D eigenvalue weighted by molar-refractivity contribution is 0.0696. The molecular weight excluding hydrogens is 222 g/mol. The molecule has 0 amide bonds. The lowest BCUT2D eigenvalue weighted by Gasteiger charge is -2.01. The van der Waals surface area contributed by atoms with Crippen molar-refractivity contribution in [2.45, 2.75) is 6.92 Å². The van der Waals surface area contributed by atoms with E-state index in [4.69, 9.17) is 9.84 Å². The summed E-state index contributed by atoms with van der Waals surface area (Å²) in [4.78, 5) is 15.0. The number of hydrogen-bond acceptors (Lipinski definition) is 4. The van der Waals surface area contributed by atoms with Gasteiger partial charge in [0.2, 0.25) is 0 Å². The third kappa shape index (κ3) is 2.10. The van der Waals surface area contributed by atoms with Crippen molar-refractivity contribution in [3.63, 3.8) is 0 Å². The van der Waals surface area contributed by atoms with Gasteiger partial charge in [-0.05, 0) is 19.1 Å². The summed E-state index contributed by atoms with van der Waals surface area (Å²) in [6.07, 6.45) is 2.99. The van der Waals surface area contributed by atoms with Crippen molar-refractivity contribution in [2.24, 2.45) is 0 Å². The molecule has 0 saturated carbocycles. The molecule has 0 aromatic carbocycles. The van der Waals surface area contributed by atoms with Gasteiger partial charge in [0.25, 0.3) is 0 Å². The quantitative estimate of drug-likeness (QED) is 0.864. The molecule has 0 aliphatic carbocycles. The standard InChI is InChI=1S/C11H11N3O3/c1-7-9(11(15)16)6-14(13-7)10-4-3-8(17-2)5-12-10/h3-6H,1-2H3,(H,15,16). The van der Waals surface area contributed by atoms with E-state index in [-0.39, 0.29) is 5.56 Å². The number of aromatic carboxylic acids is 1. The Balaban J connectivity index is 2.39. The van der Waals surface area contributed by atoms with Crippen LogP contribution in [0, 0.1) is 6.92 Å². The zero-order chi connectivity index (χ0) is 12.4. The zero-order valence-electron chi connectivity index (χ0n) is 9.41. The van der Waals surface area contributed by atoms with Crippen LogP contribution in [0.25, 0.3) is 5.82 Å². The minimum Gasteiger partial charge on any atom is -0.495 e. The summed E-state index contributed by atoms with van der Waals surface area (Å²) in [5, 5.41) is 13.0. The van der Waals surface area contributed by atoms with Crippen LogP contribution in [0.2, 0.25) is 0 Å². The van der Waals surface area contributed by atoms with Crippen LogP contribution in [0.5, 0.6) is 5.75 Å². The third-order valence-corrected chi connectivity index (χ3v) is 2.32. The number of aromatic nitrogens is 3. The van der Waals surface area contributed by atoms with Crippen molar-refractivity contribution < 1.29 is 14.6 Å². The molecule has 6 heteroatoms. The van der Waals surface area contributed by atoms with Gasteiger partial charge in [-0.2, -0.15) is 5.10 Å². The number of methoxy groups -OCH3 is 1. The minimum atomic E-state index is -0.998. The maximum atomic E-state index is 10.9. The first kappa shape index (κ1) is 11.1. The summed E-state index contributed by atoms with van der Waals surface area (Å²) < 4.78 is 6.41. The Kier molecular flexibility index (Phi) is 2.78. The second-order valence-electron chi connectivity index (χ2n) is 3.43. The van der Waals surface area contributed by atoms with Crippen LogP contribution in [0.1, 0.15) is 16.1 Å². The first-order chi connectivity index (χ1) is 8.11. The molecule has 0 atom stereocenters. The summed E-state index contributed by atoms with van der Waals surface area (Å²) >= 11 is 0. The highest BCUT2D eigenvalue weighted by Crippen LogP contribution is 2.13. The number of carboxylic acid groups (broad SMARTS) is 1. The predicted octanol–water partition coefficient (Wildman–Crippen LogP) is 1.28. The van der Waals surface area contributed by atoms with Gasteiger partial charge in [0.05, 0.1) is 19.0 Å². The number of hydrogen-bond donors (Lipinski definition) is 1. The minimum absolute atomic E-state index is 0.169. The monoisotopic (exact) mass is 233 g/mol. The molecule has 0 fully saturated rings. The van der Waals surface area contributed by atoms with Crippen molar-refractivity contribution in [2.75, 3.05) is 7.11 Å². The first-order valence-corrected chi connectivity index (χ1v) is 4.92. The molecule has 0 radical (unpaired) electrons. The van der Waals surface area contributed by atoms with Crippen LogP contribution in [0.4, 0.5) is 0 Å². The van der Waals surface area contributed by atoms with E-state index < -0.39 is 5.97 Å². The molecule has 0 aliphatic rings. The van der Waals surface area contributed by atoms with E-state index in [1.807, 2.05) is 0 Å². The maximum Gasteiger partial charge on any atom is 0.339 e. The molecule has 17 heavy (non-hydrogen) atoms. The predicted molar refractivity (Wildman–Crippen MR) is 59.6 cm³/mol. The number of pyridine rings is 1. The molecule has 0 bridgehead atoms. The van der Waals surface area contributed by atoms with E-state index >= 15 is 0 Å². The zero-order valence-corrected chi connectivity index (χ0v) is 9.41. The normalized spacial score (nSPS) is 10.2. The lowest BCUT2D eigenvalue weighted by atomic mass is 10.3. The fraction of sp³-hybridized carbons (Fsp3) is 0.182. The van der Waals surface area contributed by atoms with Gasteiger partial charge in [0.1, 0.15) is 11.3 Å². The third-order valence-electron chi connectivity index (χ3n) is 2.32. The van der Waals surface area contributed by atoms with Gasteiger partial charge in [0, 0.05) is 6.20 Å². The molecule has 2 rings (SSSR count). The highest BCUT2D eigenvalue weighted by Gasteiger charge is 2.12. The molecule has 6 nitrogen and oxygen atoms in total. The second kappa shape index (κ2) is 4.25. The number of ether oxygens (including phenoxy) is 1. The van der Waals surface area contributed by atoms with E-state index in [1.54, 1.807) is 32.4 Å². The SMILES string of the molecule is COc1ccc(-n2cc(C(=O)O)c(C)n2)nc1. The van der Waals surface area contributed by atoms with Gasteiger partial charge in [-0.15, -0.1) is 0 Å². The van der Waals surface area contributed by atoms with Gasteiger partial charge in [-0.1, -0.05) is 0 Å². The Hall–Kier alpha value is -2.37. The van der Waals surface area contributed by atoms with Crippen molar-refractivity contribution in [3.05, 3.63) is 35.8 Å². The molecule has 0 aliphatic heterocycles. The molecule has 0 saturated heterocycles. The Labute approximate surface area is 97.5 Å². The summed E-state index contributed by atoms with van der Waals surface area (Å²) in [7, 11) is 1.55. The smallest absolute Gasteiger partial charge is 0.339 e. The van der Waals surface area contributed by atoms with Gasteiger partial charge < -0.3 is 9.84 Å². The van der Waals surface area contributed by atoms with Crippen LogP contribution in [-0.4, -0.2) is 33.0 Å². The van der Waals surface area contributed by atoms with Crippen LogP contribution in [0.15, 0.2) is 24.5 Å². The van der Waals surface area contributed by atoms with Gasteiger partial charge in [-0.3, -0.25) is 0 Å². The summed E-state index contributed by atoms with van der Waals surface area (Å²) in [6, 6.07) is 3.44. The Bertz CT molecular complexity index is 546. The molecule has 0 spiro atoms. The number of rotatable bonds is 3. The first-order valence-electron chi connectivity index (χ1n) is 4.92. The van der Waals surface area contributed by atoms with E-state index in [1.165, 1.54) is 10.9 Å². The van der Waals surface area contributed by atoms with Crippen molar-refractivity contribution in [1.82, 2.24) is 14.8 Å². The molecule has 2 aromatic rings. The van der Waals surface area contributed by atoms with Crippen molar-refractivity contribution in [1.29, 1.82) is 0 Å². The highest BCUT2D eigenvalue weighted by atomic mass is 16.5. The summed E-state index contributed by atoms with van der Waals surface area (Å²) in [6.45, 7) is 1.64. The lowest BCUT2D eigenvalue weighted by Crippen LogP contribution is -1.98. The van der Waals surface area contributed by atoms with Gasteiger partial charge >= 0.3 is 5.97 Å². The van der Waals surface area contributed by atoms with Crippen molar-refractivity contribution in [3.8, 4) is 11.6 Å². The van der Waals surface area contributed by atoms with E-state index in [0.717, 1.165) is 0 Å². The maximum absolute atomic E-state index is 10.9. The number of aryl methyl sites for hydroxylation is 1. The van der Waals surface area contributed by atoms with E-state index in [0.29, 0.717) is 17.3 Å². The highest BCUT2D eigenvalue weighted by molar-refractivity contribution is 5.88. The summed E-state index contributed by atoms with van der Waals surface area (Å²) in [5.41, 5.74) is 0.623. The van der Waals surface area contributed by atoms with E-state index in [2.05, 4.69) is 10.1 Å². The molecule has 88 valence electrons. The largest absolute Gasteiger partial charge is 0.495 e. The number of nitrogens with zero attached hydrogens (tertiary/aromatic N) is 3. The Morgan fingerprint density at radius 1 is 1.47 bits per heavy atom. The fourth-order valence-corrected chi connectivity index (χ4v) is 1.42. The molecule has 0 unspecified atom stereocenters. The average Bonchev–Trinajstić information content (AvgIpc) is 2.71. The second-order valence-corrected chi connectivity index (χ2v) is 3.43. The van der Waals surface area contributed by atoms with Gasteiger partial charge in [-0.25, -0.2) is 14.5 Å². The molecule has 1 N–H and O–H groups in total. The van der Waals surface area contributed by atoms with Gasteiger partial charge in [0.15, 0.2) is 5.82 Å². The Morgan fingerprint density at radius 3 is 2.71 bits per heavy atom. The Morgan fingerprint density at radius 2 is 2.24 bits per heavy atom. The average molecular weight is 233 g/mol. The summed E-state index contributed by atoms with van der Waals surface area (Å²) in [5.74, 6) is 0.180. The number of carbonyl (C=O) groups is 1. The fourth-order valence-electron chi connectivity index (χ4n) is 1.42. The topological polar surface area (TPSA) is 77.2 Å². The number of carboxylic acids is 1. The molecule has 2 heterocycles. The van der Waals surface area contributed by atoms with Crippen LogP contribution < -0.4 is 4.74 Å². The van der Waals surface area contributed by atoms with Crippen LogP contribution in [-0.2, 0) is 0 Å². The van der Waals surface area contributed by atoms with E-state index in [9.17, 15) is 4.79 Å². The van der Waals surface area contributed by atoms with Crippen molar-refractivity contribution >= 4 is 5.97 Å². The molecule has 2 aromatic heterocycles. The molecular formula is C11H11N3O3. The van der Waals surface area contributed by atoms with Crippen LogP contribution >= 0.6 is 0 Å².